The number of benzene rings is 1. The van der Waals surface area contributed by atoms with Crippen molar-refractivity contribution in [1.29, 1.82) is 0 Å². The zero-order chi connectivity index (χ0) is 14.0. The molecule has 2 aromatic rings. The van der Waals surface area contributed by atoms with Gasteiger partial charge in [-0.25, -0.2) is 13.8 Å². The van der Waals surface area contributed by atoms with Gasteiger partial charge < -0.3 is 5.32 Å². The van der Waals surface area contributed by atoms with Crippen molar-refractivity contribution in [2.24, 2.45) is 0 Å². The molecule has 0 unspecified atom stereocenters. The fourth-order valence-corrected chi connectivity index (χ4v) is 1.80. The summed E-state index contributed by atoms with van der Waals surface area (Å²) in [6, 6.07) is 4.79. The largest absolute Gasteiger partial charge is 0.306 e. The first-order valence-electron chi connectivity index (χ1n) is 5.05. The molecule has 1 heterocycles. The highest BCUT2D eigenvalue weighted by atomic mass is 127. The van der Waals surface area contributed by atoms with Crippen molar-refractivity contribution >= 4 is 45.9 Å². The van der Waals surface area contributed by atoms with E-state index < -0.39 is 23.1 Å². The molecule has 19 heavy (non-hydrogen) atoms. The Kier molecular flexibility index (Phi) is 4.31. The van der Waals surface area contributed by atoms with Crippen LogP contribution in [-0.4, -0.2) is 10.9 Å². The smallest absolute Gasteiger partial charge is 0.259 e. The van der Waals surface area contributed by atoms with E-state index in [1.807, 2.05) is 0 Å². The number of aromatic nitrogens is 1. The van der Waals surface area contributed by atoms with E-state index in [9.17, 15) is 13.6 Å². The van der Waals surface area contributed by atoms with Crippen molar-refractivity contribution in [3.05, 3.63) is 56.3 Å². The molecule has 0 atom stereocenters. The minimum Gasteiger partial charge on any atom is -0.306 e. The summed E-state index contributed by atoms with van der Waals surface area (Å²) in [4.78, 5) is 15.7. The molecule has 1 aromatic heterocycles. The van der Waals surface area contributed by atoms with Gasteiger partial charge in [-0.15, -0.1) is 0 Å². The minimum atomic E-state index is -0.894. The second kappa shape index (κ2) is 5.79. The van der Waals surface area contributed by atoms with E-state index in [2.05, 4.69) is 32.9 Å². The SMILES string of the molecule is O=C(Nc1ccc(I)cn1)c1cc(F)c(Cl)cc1F. The van der Waals surface area contributed by atoms with E-state index in [-0.39, 0.29) is 10.8 Å². The summed E-state index contributed by atoms with van der Waals surface area (Å²) in [5, 5.41) is 2.00. The number of rotatable bonds is 2. The predicted octanol–water partition coefficient (Wildman–Crippen LogP) is 3.87. The third kappa shape index (κ3) is 3.38. The molecule has 1 N–H and O–H groups in total. The zero-order valence-corrected chi connectivity index (χ0v) is 12.2. The van der Waals surface area contributed by atoms with E-state index in [4.69, 9.17) is 11.6 Å². The van der Waals surface area contributed by atoms with Crippen molar-refractivity contribution in [3.63, 3.8) is 0 Å². The molecule has 1 aromatic carbocycles. The van der Waals surface area contributed by atoms with E-state index in [1.54, 1.807) is 12.1 Å². The van der Waals surface area contributed by atoms with Gasteiger partial charge in [0.05, 0.1) is 10.6 Å². The molecule has 0 bridgehead atoms. The maximum Gasteiger partial charge on any atom is 0.259 e. The summed E-state index contributed by atoms with van der Waals surface area (Å²) in [5.74, 6) is -2.29. The first-order chi connectivity index (χ1) is 8.97. The number of nitrogens with one attached hydrogen (secondary N) is 1. The Balaban J connectivity index is 2.25. The summed E-state index contributed by atoms with van der Waals surface area (Å²) < 4.78 is 27.6. The Hall–Kier alpha value is -1.28. The Bertz CT molecular complexity index is 634. The number of carbonyl (C=O) groups excluding carboxylic acids is 1. The number of nitrogens with zero attached hydrogens (tertiary/aromatic N) is 1. The van der Waals surface area contributed by atoms with Crippen LogP contribution in [0.1, 0.15) is 10.4 Å². The van der Waals surface area contributed by atoms with Gasteiger partial charge in [-0.2, -0.15) is 0 Å². The normalized spacial score (nSPS) is 10.3. The number of pyridine rings is 1. The lowest BCUT2D eigenvalue weighted by Crippen LogP contribution is -2.15. The summed E-state index contributed by atoms with van der Waals surface area (Å²) in [6.07, 6.45) is 1.54. The average Bonchev–Trinajstić information content (AvgIpc) is 2.36. The van der Waals surface area contributed by atoms with Gasteiger partial charge in [-0.1, -0.05) is 11.6 Å². The lowest BCUT2D eigenvalue weighted by Gasteiger charge is -2.06. The molecular formula is C12H6ClF2IN2O. The van der Waals surface area contributed by atoms with Crippen LogP contribution in [0.2, 0.25) is 5.02 Å². The van der Waals surface area contributed by atoms with E-state index in [1.165, 1.54) is 6.20 Å². The van der Waals surface area contributed by atoms with Gasteiger partial charge in [0.25, 0.3) is 5.91 Å². The van der Waals surface area contributed by atoms with Crippen LogP contribution in [0.3, 0.4) is 0 Å². The molecule has 0 spiro atoms. The highest BCUT2D eigenvalue weighted by Crippen LogP contribution is 2.20. The minimum absolute atomic E-state index is 0.250. The molecule has 0 aliphatic carbocycles. The monoisotopic (exact) mass is 394 g/mol. The van der Waals surface area contributed by atoms with Gasteiger partial charge in [-0.3, -0.25) is 4.79 Å². The summed E-state index contributed by atoms with van der Waals surface area (Å²) >= 11 is 7.46. The number of amides is 1. The Morgan fingerprint density at radius 3 is 2.63 bits per heavy atom. The highest BCUT2D eigenvalue weighted by Gasteiger charge is 2.15. The number of hydrogen-bond donors (Lipinski definition) is 1. The van der Waals surface area contributed by atoms with Crippen LogP contribution < -0.4 is 5.32 Å². The predicted molar refractivity (Wildman–Crippen MR) is 76.3 cm³/mol. The van der Waals surface area contributed by atoms with Crippen LogP contribution in [0, 0.1) is 15.2 Å². The van der Waals surface area contributed by atoms with E-state index in [0.29, 0.717) is 0 Å². The molecule has 98 valence electrons. The molecule has 2 rings (SSSR count). The molecule has 3 nitrogen and oxygen atoms in total. The Morgan fingerprint density at radius 2 is 2.00 bits per heavy atom. The summed E-state index contributed by atoms with van der Waals surface area (Å²) in [5.41, 5.74) is -0.428. The highest BCUT2D eigenvalue weighted by molar-refractivity contribution is 14.1. The van der Waals surface area contributed by atoms with Crippen molar-refractivity contribution in [2.75, 3.05) is 5.32 Å². The lowest BCUT2D eigenvalue weighted by molar-refractivity contribution is 0.102. The molecule has 0 fully saturated rings. The maximum atomic E-state index is 13.5. The van der Waals surface area contributed by atoms with Gasteiger partial charge in [0.15, 0.2) is 0 Å². The lowest BCUT2D eigenvalue weighted by atomic mass is 10.2. The second-order valence-corrected chi connectivity index (χ2v) is 5.21. The number of carbonyl (C=O) groups is 1. The Labute approximate surface area is 126 Å². The number of hydrogen-bond acceptors (Lipinski definition) is 2. The fourth-order valence-electron chi connectivity index (χ4n) is 1.33. The first-order valence-corrected chi connectivity index (χ1v) is 6.50. The van der Waals surface area contributed by atoms with Gasteiger partial charge in [0.1, 0.15) is 17.5 Å². The van der Waals surface area contributed by atoms with Crippen LogP contribution in [0.5, 0.6) is 0 Å². The molecule has 0 aliphatic heterocycles. The van der Waals surface area contributed by atoms with Crippen molar-refractivity contribution in [2.45, 2.75) is 0 Å². The molecule has 1 amide bonds. The molecule has 0 saturated carbocycles. The van der Waals surface area contributed by atoms with Crippen LogP contribution in [-0.2, 0) is 0 Å². The van der Waals surface area contributed by atoms with Crippen LogP contribution in [0.4, 0.5) is 14.6 Å². The van der Waals surface area contributed by atoms with Crippen LogP contribution in [0.15, 0.2) is 30.5 Å². The van der Waals surface area contributed by atoms with E-state index in [0.717, 1.165) is 15.7 Å². The van der Waals surface area contributed by atoms with Crippen molar-refractivity contribution < 1.29 is 13.6 Å². The number of anilines is 1. The maximum absolute atomic E-state index is 13.5. The molecular weight excluding hydrogens is 388 g/mol. The quantitative estimate of drug-likeness (QED) is 0.621. The molecule has 0 saturated heterocycles. The molecule has 0 radical (unpaired) electrons. The third-order valence-electron chi connectivity index (χ3n) is 2.22. The molecule has 7 heteroatoms. The van der Waals surface area contributed by atoms with Crippen LogP contribution >= 0.6 is 34.2 Å². The molecule has 0 aliphatic rings. The van der Waals surface area contributed by atoms with Gasteiger partial charge in [0.2, 0.25) is 0 Å². The average molecular weight is 395 g/mol. The van der Waals surface area contributed by atoms with E-state index >= 15 is 0 Å². The number of halogens is 4. The van der Waals surface area contributed by atoms with Gasteiger partial charge in [-0.05, 0) is 46.9 Å². The fraction of sp³-hybridized carbons (Fsp3) is 0. The third-order valence-corrected chi connectivity index (χ3v) is 3.15. The van der Waals surface area contributed by atoms with Gasteiger partial charge >= 0.3 is 0 Å². The zero-order valence-electron chi connectivity index (χ0n) is 9.25. The Morgan fingerprint density at radius 1 is 1.26 bits per heavy atom. The summed E-state index contributed by atoms with van der Waals surface area (Å²) in [7, 11) is 0. The second-order valence-electron chi connectivity index (χ2n) is 3.56. The van der Waals surface area contributed by atoms with Crippen molar-refractivity contribution in [3.8, 4) is 0 Å². The first kappa shape index (κ1) is 14.1. The van der Waals surface area contributed by atoms with Crippen LogP contribution in [0.25, 0.3) is 0 Å². The van der Waals surface area contributed by atoms with Crippen molar-refractivity contribution in [1.82, 2.24) is 4.98 Å². The summed E-state index contributed by atoms with van der Waals surface area (Å²) in [6.45, 7) is 0. The topological polar surface area (TPSA) is 42.0 Å². The van der Waals surface area contributed by atoms with Gasteiger partial charge in [0, 0.05) is 9.77 Å². The standard InChI is InChI=1S/C12H6ClF2IN2O/c13-8-4-9(14)7(3-10(8)15)12(19)18-11-2-1-6(16)5-17-11/h1-5H,(H,17,18,19).